The van der Waals surface area contributed by atoms with Crippen LogP contribution in [0.5, 0.6) is 0 Å². The molecule has 2 aromatic heterocycles. The first-order valence-electron chi connectivity index (χ1n) is 10.9. The monoisotopic (exact) mass is 433 g/mol. The third kappa shape index (κ3) is 3.98. The van der Waals surface area contributed by atoms with Gasteiger partial charge in [0, 0.05) is 25.1 Å². The quantitative estimate of drug-likeness (QED) is 0.519. The summed E-state index contributed by atoms with van der Waals surface area (Å²) in [6.07, 6.45) is 4.77. The highest BCUT2D eigenvalue weighted by atomic mass is 19.1. The van der Waals surface area contributed by atoms with Crippen molar-refractivity contribution in [3.63, 3.8) is 0 Å². The predicted molar refractivity (Wildman–Crippen MR) is 118 cm³/mol. The number of halogens is 1. The molecule has 4 aromatic rings. The van der Waals surface area contributed by atoms with Crippen molar-refractivity contribution in [2.24, 2.45) is 0 Å². The van der Waals surface area contributed by atoms with Gasteiger partial charge in [-0.25, -0.2) is 14.1 Å². The van der Waals surface area contributed by atoms with Crippen LogP contribution in [0.15, 0.2) is 42.5 Å². The first-order chi connectivity index (χ1) is 15.6. The second kappa shape index (κ2) is 8.49. The molecule has 0 saturated heterocycles. The van der Waals surface area contributed by atoms with E-state index in [1.54, 1.807) is 19.1 Å². The summed E-state index contributed by atoms with van der Waals surface area (Å²) in [5.41, 5.74) is 3.31. The van der Waals surface area contributed by atoms with Crippen LogP contribution >= 0.6 is 0 Å². The van der Waals surface area contributed by atoms with E-state index in [0.29, 0.717) is 17.1 Å². The van der Waals surface area contributed by atoms with Crippen molar-refractivity contribution in [1.82, 2.24) is 29.8 Å². The van der Waals surface area contributed by atoms with Gasteiger partial charge >= 0.3 is 0 Å². The number of hydrogen-bond donors (Lipinski definition) is 1. The maximum Gasteiger partial charge on any atom is 0.249 e. The van der Waals surface area contributed by atoms with Gasteiger partial charge in [-0.15, -0.1) is 5.10 Å². The van der Waals surface area contributed by atoms with Crippen molar-refractivity contribution in [3.8, 4) is 0 Å². The highest BCUT2D eigenvalue weighted by Gasteiger charge is 2.25. The Kier molecular flexibility index (Phi) is 5.38. The topological polar surface area (TPSA) is 90.5 Å². The number of nitrogens with zero attached hydrogens (tertiary/aromatic N) is 6. The summed E-state index contributed by atoms with van der Waals surface area (Å²) >= 11 is 0. The van der Waals surface area contributed by atoms with Crippen LogP contribution in [0, 0.1) is 12.7 Å². The van der Waals surface area contributed by atoms with Gasteiger partial charge in [-0.05, 0) is 66.1 Å². The summed E-state index contributed by atoms with van der Waals surface area (Å²) in [7, 11) is 0. The molecule has 0 radical (unpaired) electrons. The highest BCUT2D eigenvalue weighted by molar-refractivity contribution is 5.95. The van der Waals surface area contributed by atoms with Crippen molar-refractivity contribution >= 4 is 22.6 Å². The second-order valence-corrected chi connectivity index (χ2v) is 8.20. The number of rotatable bonds is 5. The number of aryl methyl sites for hydroxylation is 3. The number of imidazole rings is 1. The van der Waals surface area contributed by atoms with E-state index in [1.165, 1.54) is 23.2 Å². The summed E-state index contributed by atoms with van der Waals surface area (Å²) in [5.74, 6) is 0.994. The average Bonchev–Trinajstić information content (AvgIpc) is 3.26. The summed E-state index contributed by atoms with van der Waals surface area (Å²) in [6.45, 7) is 2.71. The average molecular weight is 433 g/mol. The first-order valence-corrected chi connectivity index (χ1v) is 10.9. The number of benzene rings is 2. The van der Waals surface area contributed by atoms with Crippen LogP contribution in [0.4, 0.5) is 10.1 Å². The Morgan fingerprint density at radius 2 is 2.09 bits per heavy atom. The van der Waals surface area contributed by atoms with Crippen LogP contribution in [0.25, 0.3) is 11.0 Å². The number of tetrazole rings is 1. The lowest BCUT2D eigenvalue weighted by Gasteiger charge is -2.18. The summed E-state index contributed by atoms with van der Waals surface area (Å²) in [6, 6.07) is 11.3. The molecule has 5 rings (SSSR count). The zero-order chi connectivity index (χ0) is 22.1. The molecule has 8 nitrogen and oxygen atoms in total. The SMILES string of the molecule is Cc1nnnn1C(Cc1cccc(F)c1)C(=O)Nc1ccc2c(c1)nc1n2CCCCC1. The first kappa shape index (κ1) is 20.3. The molecule has 32 heavy (non-hydrogen) atoms. The smallest absolute Gasteiger partial charge is 0.249 e. The molecule has 3 heterocycles. The number of anilines is 1. The zero-order valence-electron chi connectivity index (χ0n) is 17.8. The Morgan fingerprint density at radius 3 is 2.91 bits per heavy atom. The van der Waals surface area contributed by atoms with Crippen LogP contribution in [0.3, 0.4) is 0 Å². The van der Waals surface area contributed by atoms with E-state index in [9.17, 15) is 9.18 Å². The summed E-state index contributed by atoms with van der Waals surface area (Å²) in [4.78, 5) is 18.1. The zero-order valence-corrected chi connectivity index (χ0v) is 17.8. The lowest BCUT2D eigenvalue weighted by Crippen LogP contribution is -2.29. The predicted octanol–water partition coefficient (Wildman–Crippen LogP) is 3.62. The minimum Gasteiger partial charge on any atom is -0.328 e. The van der Waals surface area contributed by atoms with Crippen LogP contribution in [0.1, 0.15) is 42.5 Å². The van der Waals surface area contributed by atoms with Crippen molar-refractivity contribution in [1.29, 1.82) is 0 Å². The lowest BCUT2D eigenvalue weighted by molar-refractivity contribution is -0.119. The largest absolute Gasteiger partial charge is 0.328 e. The van der Waals surface area contributed by atoms with E-state index in [1.807, 2.05) is 18.2 Å². The maximum absolute atomic E-state index is 13.7. The van der Waals surface area contributed by atoms with Gasteiger partial charge in [-0.2, -0.15) is 0 Å². The molecular formula is C23H24FN7O. The molecule has 1 unspecified atom stereocenters. The number of fused-ring (bicyclic) bond motifs is 3. The number of hydrogen-bond acceptors (Lipinski definition) is 5. The van der Waals surface area contributed by atoms with Gasteiger partial charge in [0.05, 0.1) is 11.0 Å². The Labute approximate surface area is 184 Å². The molecule has 0 spiro atoms. The van der Waals surface area contributed by atoms with Gasteiger partial charge < -0.3 is 9.88 Å². The van der Waals surface area contributed by atoms with Gasteiger partial charge in [0.1, 0.15) is 23.5 Å². The Balaban J connectivity index is 1.42. The molecule has 164 valence electrons. The highest BCUT2D eigenvalue weighted by Crippen LogP contribution is 2.25. The molecule has 1 atom stereocenters. The van der Waals surface area contributed by atoms with Crippen LogP contribution in [-0.2, 0) is 24.2 Å². The fraction of sp³-hybridized carbons (Fsp3) is 0.348. The van der Waals surface area contributed by atoms with Crippen LogP contribution in [0.2, 0.25) is 0 Å². The number of nitrogens with one attached hydrogen (secondary N) is 1. The van der Waals surface area contributed by atoms with Crippen molar-refractivity contribution in [3.05, 3.63) is 65.5 Å². The van der Waals surface area contributed by atoms with Gasteiger partial charge in [-0.3, -0.25) is 4.79 Å². The fourth-order valence-electron chi connectivity index (χ4n) is 4.36. The third-order valence-electron chi connectivity index (χ3n) is 5.95. The molecule has 1 amide bonds. The molecular weight excluding hydrogens is 409 g/mol. The molecule has 1 aliphatic rings. The van der Waals surface area contributed by atoms with Gasteiger partial charge in [0.25, 0.3) is 0 Å². The fourth-order valence-corrected chi connectivity index (χ4v) is 4.36. The summed E-state index contributed by atoms with van der Waals surface area (Å²) in [5, 5.41) is 14.5. The van der Waals surface area contributed by atoms with Gasteiger partial charge in [0.2, 0.25) is 5.91 Å². The molecule has 9 heteroatoms. The van der Waals surface area contributed by atoms with E-state index < -0.39 is 6.04 Å². The van der Waals surface area contributed by atoms with E-state index in [0.717, 1.165) is 42.7 Å². The summed E-state index contributed by atoms with van der Waals surface area (Å²) < 4.78 is 17.5. The molecule has 0 aliphatic carbocycles. The standard InChI is InChI=1S/C23H24FN7O/c1-15-27-28-29-31(15)21(13-16-6-5-7-17(24)12-16)23(32)25-18-9-10-20-19(14-18)26-22-8-3-2-4-11-30(20)22/h5-7,9-10,12,14,21H,2-4,8,11,13H2,1H3,(H,25,32). The minimum atomic E-state index is -0.721. The number of carbonyl (C=O) groups is 1. The number of aromatic nitrogens is 6. The van der Waals surface area contributed by atoms with Crippen LogP contribution < -0.4 is 5.32 Å². The number of amides is 1. The lowest BCUT2D eigenvalue weighted by atomic mass is 10.0. The second-order valence-electron chi connectivity index (χ2n) is 8.20. The van der Waals surface area contributed by atoms with Crippen molar-refractivity contribution < 1.29 is 9.18 Å². The van der Waals surface area contributed by atoms with E-state index in [-0.39, 0.29) is 18.1 Å². The van der Waals surface area contributed by atoms with Gasteiger partial charge in [-0.1, -0.05) is 18.6 Å². The molecule has 0 fully saturated rings. The van der Waals surface area contributed by atoms with E-state index in [2.05, 4.69) is 25.4 Å². The molecule has 2 aromatic carbocycles. The van der Waals surface area contributed by atoms with Crippen molar-refractivity contribution in [2.75, 3.05) is 5.32 Å². The third-order valence-corrected chi connectivity index (χ3v) is 5.95. The molecule has 1 N–H and O–H groups in total. The van der Waals surface area contributed by atoms with Gasteiger partial charge in [0.15, 0.2) is 0 Å². The van der Waals surface area contributed by atoms with Crippen molar-refractivity contribution in [2.45, 2.75) is 51.6 Å². The normalized spacial score (nSPS) is 14.7. The molecule has 0 saturated carbocycles. The molecule has 1 aliphatic heterocycles. The number of carbonyl (C=O) groups excluding carboxylic acids is 1. The maximum atomic E-state index is 13.7. The Bertz CT molecular complexity index is 1280. The van der Waals surface area contributed by atoms with E-state index >= 15 is 0 Å². The van der Waals surface area contributed by atoms with Crippen LogP contribution in [-0.4, -0.2) is 35.7 Å². The van der Waals surface area contributed by atoms with E-state index in [4.69, 9.17) is 4.98 Å². The molecule has 0 bridgehead atoms. The Morgan fingerprint density at radius 1 is 1.19 bits per heavy atom. The Hall–Kier alpha value is -3.62. The minimum absolute atomic E-state index is 0.260.